The van der Waals surface area contributed by atoms with E-state index in [-0.39, 0.29) is 17.6 Å². The molecule has 5 atom stereocenters. The van der Waals surface area contributed by atoms with Crippen LogP contribution in [0.25, 0.3) is 0 Å². The van der Waals surface area contributed by atoms with Crippen LogP contribution in [0.15, 0.2) is 0 Å². The smallest absolute Gasteiger partial charge is 0.173 e. The summed E-state index contributed by atoms with van der Waals surface area (Å²) in [7, 11) is -3.25. The maximum absolute atomic E-state index is 13.4. The average molecular weight is 404 g/mol. The van der Waals surface area contributed by atoms with Gasteiger partial charge in [-0.05, 0) is 57.6 Å². The van der Waals surface area contributed by atoms with Crippen LogP contribution in [-0.2, 0) is 9.84 Å². The van der Waals surface area contributed by atoms with Crippen LogP contribution in [0, 0.1) is 5.92 Å². The Morgan fingerprint density at radius 3 is 2.58 bits per heavy atom. The van der Waals surface area contributed by atoms with Gasteiger partial charge in [0.15, 0.2) is 15.2 Å². The molecule has 1 saturated carbocycles. The maximum atomic E-state index is 13.4. The lowest BCUT2D eigenvalue weighted by molar-refractivity contribution is 0.0368. The molecule has 5 unspecified atom stereocenters. The Morgan fingerprint density at radius 2 is 1.88 bits per heavy atom. The third kappa shape index (κ3) is 3.44. The third-order valence-corrected chi connectivity index (χ3v) is 10.3. The van der Waals surface area contributed by atoms with Crippen molar-refractivity contribution < 1.29 is 8.42 Å². The molecule has 4 rings (SSSR count). The molecule has 0 spiro atoms. The van der Waals surface area contributed by atoms with Crippen molar-refractivity contribution in [3.8, 4) is 0 Å². The molecule has 1 aliphatic carbocycles. The van der Waals surface area contributed by atoms with E-state index in [0.717, 1.165) is 37.9 Å². The van der Waals surface area contributed by atoms with E-state index in [1.807, 2.05) is 11.8 Å². The molecule has 3 heterocycles. The van der Waals surface area contributed by atoms with Crippen molar-refractivity contribution >= 4 is 21.6 Å². The fourth-order valence-electron chi connectivity index (χ4n) is 4.91. The molecular weight excluding hydrogens is 370 g/mol. The van der Waals surface area contributed by atoms with Crippen LogP contribution in [0.3, 0.4) is 0 Å². The number of hydrazine groups is 2. The first-order chi connectivity index (χ1) is 12.4. The van der Waals surface area contributed by atoms with Crippen LogP contribution in [0.4, 0.5) is 0 Å². The fraction of sp³-hybridized carbons (Fsp3) is 1.00. The predicted molar refractivity (Wildman–Crippen MR) is 106 cm³/mol. The molecule has 4 N–H and O–H groups in total. The van der Waals surface area contributed by atoms with Gasteiger partial charge in [-0.2, -0.15) is 17.3 Å². The number of hydrogen-bond acceptors (Lipinski definition) is 8. The summed E-state index contributed by atoms with van der Waals surface area (Å²) in [6.07, 6.45) is 4.63. The van der Waals surface area contributed by atoms with E-state index in [0.29, 0.717) is 23.3 Å². The Labute approximate surface area is 161 Å². The number of nitrogens with one attached hydrogen (secondary N) is 4. The lowest BCUT2D eigenvalue weighted by Gasteiger charge is -2.45. The zero-order valence-corrected chi connectivity index (χ0v) is 17.6. The summed E-state index contributed by atoms with van der Waals surface area (Å²) in [6, 6.07) is 0.708. The van der Waals surface area contributed by atoms with Crippen molar-refractivity contribution in [3.05, 3.63) is 0 Å². The first-order valence-electron chi connectivity index (χ1n) is 10.0. The summed E-state index contributed by atoms with van der Waals surface area (Å²) in [5.41, 5.74) is 6.33. The zero-order valence-electron chi connectivity index (χ0n) is 15.9. The first kappa shape index (κ1) is 19.4. The van der Waals surface area contributed by atoms with Gasteiger partial charge in [0.05, 0.1) is 16.7 Å². The lowest BCUT2D eigenvalue weighted by Crippen LogP contribution is -2.71. The number of rotatable bonds is 4. The SMILES string of the molecule is CC1CCC(S(=O)(=O)C2NNN3C4CCSC4C(NC(C)C)NC23)CC1. The van der Waals surface area contributed by atoms with Gasteiger partial charge in [-0.25, -0.2) is 18.9 Å². The second-order valence-electron chi connectivity index (χ2n) is 8.66. The van der Waals surface area contributed by atoms with Gasteiger partial charge in [0.25, 0.3) is 0 Å². The quantitative estimate of drug-likeness (QED) is 0.547. The number of fused-ring (bicyclic) bond motifs is 3. The highest BCUT2D eigenvalue weighted by Crippen LogP contribution is 2.39. The van der Waals surface area contributed by atoms with Crippen molar-refractivity contribution in [2.75, 3.05) is 5.75 Å². The molecule has 26 heavy (non-hydrogen) atoms. The topological polar surface area (TPSA) is 85.5 Å². The van der Waals surface area contributed by atoms with Gasteiger partial charge >= 0.3 is 0 Å². The summed E-state index contributed by atoms with van der Waals surface area (Å²) in [6.45, 7) is 6.51. The normalized spacial score (nSPS) is 44.2. The second kappa shape index (κ2) is 7.50. The fourth-order valence-corrected chi connectivity index (χ4v) is 8.53. The molecule has 9 heteroatoms. The molecule has 0 aromatic heterocycles. The highest BCUT2D eigenvalue weighted by Gasteiger charge is 2.55. The molecule has 0 aromatic carbocycles. The molecule has 0 radical (unpaired) electrons. The van der Waals surface area contributed by atoms with Crippen molar-refractivity contribution in [2.45, 2.75) is 93.2 Å². The summed E-state index contributed by atoms with van der Waals surface area (Å²) in [5, 5.41) is 8.98. The number of hydrogen-bond donors (Lipinski definition) is 4. The third-order valence-electron chi connectivity index (χ3n) is 6.36. The van der Waals surface area contributed by atoms with Crippen molar-refractivity contribution in [1.82, 2.24) is 26.6 Å². The highest BCUT2D eigenvalue weighted by atomic mass is 32.2. The van der Waals surface area contributed by atoms with Crippen LogP contribution in [0.2, 0.25) is 0 Å². The summed E-state index contributed by atoms with van der Waals surface area (Å²) in [4.78, 5) is 0. The largest absolute Gasteiger partial charge is 0.299 e. The Hall–Kier alpha value is 0.1000. The zero-order chi connectivity index (χ0) is 18.5. The molecule has 4 fully saturated rings. The van der Waals surface area contributed by atoms with E-state index >= 15 is 0 Å². The van der Waals surface area contributed by atoms with Crippen LogP contribution >= 0.6 is 11.8 Å². The minimum atomic E-state index is -3.25. The summed E-state index contributed by atoms with van der Waals surface area (Å²) in [5.74, 6) is 1.77. The molecule has 0 bridgehead atoms. The lowest BCUT2D eigenvalue weighted by atomic mass is 9.91. The Balaban J connectivity index is 1.54. The van der Waals surface area contributed by atoms with E-state index in [4.69, 9.17) is 0 Å². The molecule has 0 aromatic rings. The Bertz CT molecular complexity index is 608. The summed E-state index contributed by atoms with van der Waals surface area (Å²) < 4.78 is 26.8. The molecule has 7 nitrogen and oxygen atoms in total. The van der Waals surface area contributed by atoms with E-state index in [2.05, 4.69) is 47.4 Å². The van der Waals surface area contributed by atoms with E-state index in [1.165, 1.54) is 0 Å². The van der Waals surface area contributed by atoms with Crippen LogP contribution in [0.1, 0.15) is 52.9 Å². The van der Waals surface area contributed by atoms with Crippen molar-refractivity contribution in [1.29, 1.82) is 0 Å². The van der Waals surface area contributed by atoms with Gasteiger partial charge in [0.1, 0.15) is 6.17 Å². The number of nitrogens with zero attached hydrogens (tertiary/aromatic N) is 1. The van der Waals surface area contributed by atoms with Crippen LogP contribution < -0.4 is 21.6 Å². The monoisotopic (exact) mass is 403 g/mol. The van der Waals surface area contributed by atoms with Crippen molar-refractivity contribution in [3.63, 3.8) is 0 Å². The van der Waals surface area contributed by atoms with Crippen molar-refractivity contribution in [2.24, 2.45) is 5.92 Å². The van der Waals surface area contributed by atoms with Gasteiger partial charge < -0.3 is 0 Å². The van der Waals surface area contributed by atoms with Gasteiger partial charge in [0, 0.05) is 12.1 Å². The van der Waals surface area contributed by atoms with Crippen LogP contribution in [0.5, 0.6) is 0 Å². The minimum absolute atomic E-state index is 0.138. The van der Waals surface area contributed by atoms with Gasteiger partial charge in [0.2, 0.25) is 0 Å². The molecule has 3 saturated heterocycles. The maximum Gasteiger partial charge on any atom is 0.173 e. The standard InChI is InChI=1S/C17H33N5O2S2/c1-10(2)18-15-14-13(8-9-25-14)22-16(19-15)17(20-21-22)26(23,24)12-6-4-11(3)5-7-12/h10-21H,4-9H2,1-3H3. The molecule has 0 amide bonds. The van der Waals surface area contributed by atoms with E-state index in [1.54, 1.807) is 0 Å². The minimum Gasteiger partial charge on any atom is -0.299 e. The average Bonchev–Trinajstić information content (AvgIpc) is 3.21. The van der Waals surface area contributed by atoms with Gasteiger partial charge in [-0.1, -0.05) is 6.92 Å². The molecule has 150 valence electrons. The molecular formula is C17H33N5O2S2. The van der Waals surface area contributed by atoms with Crippen LogP contribution in [-0.4, -0.2) is 59.5 Å². The Kier molecular flexibility index (Phi) is 5.60. The molecule has 4 aliphatic rings. The van der Waals surface area contributed by atoms with Gasteiger partial charge in [-0.15, -0.1) is 0 Å². The van der Waals surface area contributed by atoms with Gasteiger partial charge in [-0.3, -0.25) is 10.6 Å². The van der Waals surface area contributed by atoms with E-state index < -0.39 is 15.2 Å². The second-order valence-corrected chi connectivity index (χ2v) is 12.3. The predicted octanol–water partition coefficient (Wildman–Crippen LogP) is 0.758. The first-order valence-corrected chi connectivity index (χ1v) is 12.7. The summed E-state index contributed by atoms with van der Waals surface area (Å²) >= 11 is 1.98. The Morgan fingerprint density at radius 1 is 1.15 bits per heavy atom. The highest BCUT2D eigenvalue weighted by molar-refractivity contribution is 8.00. The molecule has 3 aliphatic heterocycles. The number of thioether (sulfide) groups is 1. The number of sulfone groups is 1. The van der Waals surface area contributed by atoms with E-state index in [9.17, 15) is 8.42 Å².